The van der Waals surface area contributed by atoms with Crippen molar-refractivity contribution in [2.75, 3.05) is 21.2 Å². The van der Waals surface area contributed by atoms with Gasteiger partial charge in [-0.05, 0) is 6.92 Å². The van der Waals surface area contributed by atoms with Crippen molar-refractivity contribution < 1.29 is 9.53 Å². The molecule has 4 nitrogen and oxygen atoms in total. The zero-order valence-corrected chi connectivity index (χ0v) is 7.71. The lowest BCUT2D eigenvalue weighted by Crippen LogP contribution is -2.15. The minimum atomic E-state index is -0.594. The van der Waals surface area contributed by atoms with Crippen LogP contribution in [0.3, 0.4) is 0 Å². The summed E-state index contributed by atoms with van der Waals surface area (Å²) in [5.41, 5.74) is 0.645. The number of ether oxygens (including phenoxy) is 1. The summed E-state index contributed by atoms with van der Waals surface area (Å²) in [5.74, 6) is -0.594. The highest BCUT2D eigenvalue weighted by atomic mass is 16.5. The van der Waals surface area contributed by atoms with E-state index in [0.717, 1.165) is 0 Å². The van der Waals surface area contributed by atoms with Crippen molar-refractivity contribution in [3.8, 4) is 6.07 Å². The molecule has 66 valence electrons. The van der Waals surface area contributed by atoms with Gasteiger partial charge in [0.05, 0.1) is 7.11 Å². The Kier molecular flexibility index (Phi) is 3.84. The molecule has 0 atom stereocenters. The van der Waals surface area contributed by atoms with Gasteiger partial charge < -0.3 is 9.64 Å². The monoisotopic (exact) mass is 168 g/mol. The maximum Gasteiger partial charge on any atom is 0.350 e. The Morgan fingerprint density at radius 2 is 2.00 bits per heavy atom. The highest BCUT2D eigenvalue weighted by Gasteiger charge is 2.13. The molecule has 12 heavy (non-hydrogen) atoms. The molecule has 0 aromatic rings. The quantitative estimate of drug-likeness (QED) is 0.342. The first-order chi connectivity index (χ1) is 5.54. The molecule has 0 bridgehead atoms. The molecule has 0 spiro atoms. The van der Waals surface area contributed by atoms with Gasteiger partial charge in [0, 0.05) is 19.8 Å². The summed E-state index contributed by atoms with van der Waals surface area (Å²) >= 11 is 0. The van der Waals surface area contributed by atoms with Crippen LogP contribution in [0.2, 0.25) is 0 Å². The van der Waals surface area contributed by atoms with Crippen molar-refractivity contribution in [2.45, 2.75) is 6.92 Å². The van der Waals surface area contributed by atoms with Gasteiger partial charge in [-0.2, -0.15) is 5.26 Å². The van der Waals surface area contributed by atoms with E-state index in [-0.39, 0.29) is 5.57 Å². The van der Waals surface area contributed by atoms with Crippen molar-refractivity contribution in [1.82, 2.24) is 4.90 Å². The fourth-order valence-corrected chi connectivity index (χ4v) is 0.600. The topological polar surface area (TPSA) is 53.3 Å². The van der Waals surface area contributed by atoms with Crippen molar-refractivity contribution in [1.29, 1.82) is 5.26 Å². The van der Waals surface area contributed by atoms with Gasteiger partial charge in [0.2, 0.25) is 0 Å². The van der Waals surface area contributed by atoms with Crippen molar-refractivity contribution in [3.05, 3.63) is 11.3 Å². The summed E-state index contributed by atoms with van der Waals surface area (Å²) in [6, 6.07) is 1.80. The molecular weight excluding hydrogens is 156 g/mol. The lowest BCUT2D eigenvalue weighted by molar-refractivity contribution is -0.135. The highest BCUT2D eigenvalue weighted by molar-refractivity contribution is 5.93. The van der Waals surface area contributed by atoms with Gasteiger partial charge in [0.15, 0.2) is 5.57 Å². The SMILES string of the molecule is COC(=O)/C(C#N)=C(\C)N(C)C. The third-order valence-corrected chi connectivity index (χ3v) is 1.53. The number of carbonyl (C=O) groups is 1. The molecule has 0 aliphatic carbocycles. The molecule has 0 amide bonds. The van der Waals surface area contributed by atoms with Gasteiger partial charge >= 0.3 is 5.97 Å². The van der Waals surface area contributed by atoms with E-state index >= 15 is 0 Å². The van der Waals surface area contributed by atoms with E-state index in [9.17, 15) is 4.79 Å². The second kappa shape index (κ2) is 4.39. The summed E-state index contributed by atoms with van der Waals surface area (Å²) in [6.45, 7) is 1.69. The number of hydrogen-bond donors (Lipinski definition) is 0. The minimum absolute atomic E-state index is 0.0440. The number of allylic oxidation sites excluding steroid dienone is 1. The third kappa shape index (κ3) is 2.27. The number of hydrogen-bond acceptors (Lipinski definition) is 4. The number of nitrogens with zero attached hydrogens (tertiary/aromatic N) is 2. The molecule has 4 heteroatoms. The summed E-state index contributed by atoms with van der Waals surface area (Å²) in [6.07, 6.45) is 0. The van der Waals surface area contributed by atoms with Crippen LogP contribution < -0.4 is 0 Å². The molecule has 0 aromatic carbocycles. The second-order valence-corrected chi connectivity index (χ2v) is 2.46. The average molecular weight is 168 g/mol. The molecular formula is C8H12N2O2. The first kappa shape index (κ1) is 10.5. The van der Waals surface area contributed by atoms with E-state index in [4.69, 9.17) is 5.26 Å². The van der Waals surface area contributed by atoms with Gasteiger partial charge in [0.25, 0.3) is 0 Å². The molecule has 0 heterocycles. The minimum Gasteiger partial charge on any atom is -0.465 e. The number of methoxy groups -OCH3 is 1. The molecule has 0 fully saturated rings. The van der Waals surface area contributed by atoms with Crippen LogP contribution in [0.15, 0.2) is 11.3 Å². The summed E-state index contributed by atoms with van der Waals surface area (Å²) in [5, 5.41) is 8.61. The average Bonchev–Trinajstić information content (AvgIpc) is 2.05. The molecule has 0 N–H and O–H groups in total. The van der Waals surface area contributed by atoms with E-state index in [2.05, 4.69) is 4.74 Å². The summed E-state index contributed by atoms with van der Waals surface area (Å²) in [4.78, 5) is 12.6. The maximum atomic E-state index is 11.0. The van der Waals surface area contributed by atoms with Crippen LogP contribution in [0.25, 0.3) is 0 Å². The van der Waals surface area contributed by atoms with E-state index in [0.29, 0.717) is 5.70 Å². The zero-order chi connectivity index (χ0) is 9.72. The van der Waals surface area contributed by atoms with Gasteiger partial charge in [-0.1, -0.05) is 0 Å². The Morgan fingerprint density at radius 3 is 2.25 bits per heavy atom. The molecule has 0 aliphatic heterocycles. The number of esters is 1. The number of carbonyl (C=O) groups excluding carboxylic acids is 1. The van der Waals surface area contributed by atoms with E-state index in [1.165, 1.54) is 7.11 Å². The molecule has 0 saturated carbocycles. The lowest BCUT2D eigenvalue weighted by Gasteiger charge is -2.13. The Morgan fingerprint density at radius 1 is 1.50 bits per heavy atom. The Bertz CT molecular complexity index is 248. The first-order valence-corrected chi connectivity index (χ1v) is 3.41. The van der Waals surface area contributed by atoms with Gasteiger partial charge in [-0.3, -0.25) is 0 Å². The summed E-state index contributed by atoms with van der Waals surface area (Å²) in [7, 11) is 4.77. The normalized spacial score (nSPS) is 11.2. The Labute approximate surface area is 72.0 Å². The molecule has 0 radical (unpaired) electrons. The van der Waals surface area contributed by atoms with Gasteiger partial charge in [-0.15, -0.1) is 0 Å². The van der Waals surface area contributed by atoms with E-state index in [1.807, 2.05) is 0 Å². The van der Waals surface area contributed by atoms with Gasteiger partial charge in [-0.25, -0.2) is 4.79 Å². The van der Waals surface area contributed by atoms with Crippen LogP contribution in [-0.4, -0.2) is 32.1 Å². The predicted octanol–water partition coefficient (Wildman–Crippen LogP) is 0.519. The zero-order valence-electron chi connectivity index (χ0n) is 7.71. The van der Waals surface area contributed by atoms with E-state index < -0.39 is 5.97 Å². The van der Waals surface area contributed by atoms with Crippen LogP contribution in [0, 0.1) is 11.3 Å². The predicted molar refractivity (Wildman–Crippen MR) is 44.0 cm³/mol. The standard InChI is InChI=1S/C8H12N2O2/c1-6(10(2)3)7(5-9)8(11)12-4/h1-4H3/b7-6+. The number of nitriles is 1. The Hall–Kier alpha value is -1.50. The molecule has 0 saturated heterocycles. The Balaban J connectivity index is 4.90. The second-order valence-electron chi connectivity index (χ2n) is 2.46. The smallest absolute Gasteiger partial charge is 0.350 e. The largest absolute Gasteiger partial charge is 0.465 e. The summed E-state index contributed by atoms with van der Waals surface area (Å²) < 4.78 is 4.43. The van der Waals surface area contributed by atoms with Crippen LogP contribution in [0.4, 0.5) is 0 Å². The molecule has 0 rings (SSSR count). The van der Waals surface area contributed by atoms with Crippen LogP contribution in [0.1, 0.15) is 6.92 Å². The maximum absolute atomic E-state index is 11.0. The highest BCUT2D eigenvalue weighted by Crippen LogP contribution is 2.06. The van der Waals surface area contributed by atoms with Crippen molar-refractivity contribution >= 4 is 5.97 Å². The third-order valence-electron chi connectivity index (χ3n) is 1.53. The number of rotatable bonds is 2. The van der Waals surface area contributed by atoms with Gasteiger partial charge in [0.1, 0.15) is 6.07 Å². The fraction of sp³-hybridized carbons (Fsp3) is 0.500. The van der Waals surface area contributed by atoms with Crippen LogP contribution >= 0.6 is 0 Å². The molecule has 0 aliphatic rings. The van der Waals surface area contributed by atoms with Crippen LogP contribution in [0.5, 0.6) is 0 Å². The fourth-order valence-electron chi connectivity index (χ4n) is 0.600. The molecule has 0 aromatic heterocycles. The first-order valence-electron chi connectivity index (χ1n) is 3.41. The van der Waals surface area contributed by atoms with Crippen molar-refractivity contribution in [2.24, 2.45) is 0 Å². The van der Waals surface area contributed by atoms with Crippen LogP contribution in [-0.2, 0) is 9.53 Å². The molecule has 0 unspecified atom stereocenters. The van der Waals surface area contributed by atoms with E-state index in [1.54, 1.807) is 32.0 Å². The van der Waals surface area contributed by atoms with Crippen molar-refractivity contribution in [3.63, 3.8) is 0 Å². The lowest BCUT2D eigenvalue weighted by atomic mass is 10.2.